The fraction of sp³-hybridized carbons (Fsp3) is 0.231. The van der Waals surface area contributed by atoms with Gasteiger partial charge in [-0.1, -0.05) is 0 Å². The van der Waals surface area contributed by atoms with Gasteiger partial charge in [-0.3, -0.25) is 9.59 Å². The van der Waals surface area contributed by atoms with Crippen molar-refractivity contribution in [1.82, 2.24) is 9.13 Å². The quantitative estimate of drug-likeness (QED) is 0.861. The molecule has 0 unspecified atom stereocenters. The third-order valence-electron chi connectivity index (χ3n) is 2.68. The minimum absolute atomic E-state index is 0.00157. The predicted octanol–water partition coefficient (Wildman–Crippen LogP) is 0.682. The van der Waals surface area contributed by atoms with Crippen molar-refractivity contribution in [2.45, 2.75) is 19.5 Å². The van der Waals surface area contributed by atoms with E-state index >= 15 is 0 Å². The molecule has 0 saturated carbocycles. The van der Waals surface area contributed by atoms with Crippen molar-refractivity contribution in [2.75, 3.05) is 5.73 Å². The number of nitrogen functional groups attached to an aromatic ring is 1. The average molecular weight is 245 g/mol. The summed E-state index contributed by atoms with van der Waals surface area (Å²) in [5.74, 6) is 0. The molecule has 18 heavy (non-hydrogen) atoms. The Morgan fingerprint density at radius 2 is 1.72 bits per heavy atom. The maximum atomic E-state index is 11.5. The molecule has 2 aromatic heterocycles. The molecule has 0 atom stereocenters. The van der Waals surface area contributed by atoms with E-state index < -0.39 is 0 Å². The second-order valence-electron chi connectivity index (χ2n) is 4.12. The topological polar surface area (TPSA) is 70.0 Å². The zero-order valence-electron chi connectivity index (χ0n) is 9.95. The molecule has 2 aromatic rings. The summed E-state index contributed by atoms with van der Waals surface area (Å²) in [6, 6.07) is 6.11. The van der Waals surface area contributed by atoms with E-state index in [-0.39, 0.29) is 11.0 Å². The summed E-state index contributed by atoms with van der Waals surface area (Å²) < 4.78 is 3.51. The van der Waals surface area contributed by atoms with E-state index in [1.54, 1.807) is 29.2 Å². The highest BCUT2D eigenvalue weighted by molar-refractivity contribution is 5.33. The Labute approximate surface area is 104 Å². The number of nitrogens with two attached hydrogens (primary N) is 1. The van der Waals surface area contributed by atoms with E-state index in [1.165, 1.54) is 18.2 Å². The fourth-order valence-corrected chi connectivity index (χ4v) is 1.74. The summed E-state index contributed by atoms with van der Waals surface area (Å²) in [5.41, 5.74) is 6.16. The number of pyridine rings is 2. The lowest BCUT2D eigenvalue weighted by Crippen LogP contribution is -2.19. The van der Waals surface area contributed by atoms with Gasteiger partial charge in [-0.25, -0.2) is 0 Å². The maximum absolute atomic E-state index is 11.5. The molecule has 0 amide bonds. The first kappa shape index (κ1) is 12.2. The van der Waals surface area contributed by atoms with Crippen LogP contribution in [-0.4, -0.2) is 9.13 Å². The number of anilines is 1. The van der Waals surface area contributed by atoms with Crippen LogP contribution in [0, 0.1) is 0 Å². The largest absolute Gasteiger partial charge is 0.398 e. The normalized spacial score (nSPS) is 10.4. The van der Waals surface area contributed by atoms with Gasteiger partial charge in [0.05, 0.1) is 0 Å². The van der Waals surface area contributed by atoms with Crippen LogP contribution in [0.5, 0.6) is 0 Å². The van der Waals surface area contributed by atoms with Crippen molar-refractivity contribution < 1.29 is 0 Å². The van der Waals surface area contributed by atoms with E-state index in [4.69, 9.17) is 5.73 Å². The summed E-state index contributed by atoms with van der Waals surface area (Å²) in [6.45, 7) is 1.36. The number of aromatic nitrogens is 2. The first-order valence-corrected chi connectivity index (χ1v) is 5.77. The van der Waals surface area contributed by atoms with E-state index in [9.17, 15) is 9.59 Å². The molecule has 94 valence electrons. The summed E-state index contributed by atoms with van der Waals surface area (Å²) in [7, 11) is 0. The van der Waals surface area contributed by atoms with Crippen molar-refractivity contribution >= 4 is 5.69 Å². The second kappa shape index (κ2) is 5.35. The van der Waals surface area contributed by atoms with Gasteiger partial charge in [-0.05, 0) is 12.5 Å². The zero-order chi connectivity index (χ0) is 13.0. The van der Waals surface area contributed by atoms with E-state index in [1.807, 2.05) is 4.57 Å². The van der Waals surface area contributed by atoms with Gasteiger partial charge in [0.1, 0.15) is 0 Å². The Morgan fingerprint density at radius 1 is 1.00 bits per heavy atom. The van der Waals surface area contributed by atoms with Crippen LogP contribution in [0.4, 0.5) is 5.69 Å². The van der Waals surface area contributed by atoms with Crippen molar-refractivity contribution in [3.8, 4) is 0 Å². The molecule has 0 bridgehead atoms. The van der Waals surface area contributed by atoms with Crippen LogP contribution >= 0.6 is 0 Å². The lowest BCUT2D eigenvalue weighted by molar-refractivity contribution is 0.551. The predicted molar refractivity (Wildman–Crippen MR) is 70.4 cm³/mol. The van der Waals surface area contributed by atoms with Crippen LogP contribution in [0.15, 0.2) is 52.4 Å². The summed E-state index contributed by atoms with van der Waals surface area (Å²) >= 11 is 0. The van der Waals surface area contributed by atoms with E-state index in [0.717, 1.165) is 13.0 Å². The Morgan fingerprint density at radius 3 is 2.44 bits per heavy atom. The third-order valence-corrected chi connectivity index (χ3v) is 2.68. The molecule has 0 aromatic carbocycles. The lowest BCUT2D eigenvalue weighted by Gasteiger charge is -2.08. The van der Waals surface area contributed by atoms with Gasteiger partial charge in [0.2, 0.25) is 0 Å². The fourth-order valence-electron chi connectivity index (χ4n) is 1.74. The van der Waals surface area contributed by atoms with Crippen molar-refractivity contribution in [3.63, 3.8) is 0 Å². The van der Waals surface area contributed by atoms with Crippen molar-refractivity contribution in [3.05, 3.63) is 63.4 Å². The molecule has 2 N–H and O–H groups in total. The summed E-state index contributed by atoms with van der Waals surface area (Å²) in [4.78, 5) is 22.4. The molecule has 2 heterocycles. The van der Waals surface area contributed by atoms with Crippen LogP contribution in [0.1, 0.15) is 6.42 Å². The van der Waals surface area contributed by atoms with Gasteiger partial charge in [0.25, 0.3) is 5.56 Å². The van der Waals surface area contributed by atoms with Gasteiger partial charge in [-0.15, -0.1) is 0 Å². The van der Waals surface area contributed by atoms with E-state index in [0.29, 0.717) is 12.2 Å². The van der Waals surface area contributed by atoms with Gasteiger partial charge in [-0.2, -0.15) is 0 Å². The van der Waals surface area contributed by atoms with Crippen LogP contribution in [0.2, 0.25) is 0 Å². The Bertz CT molecular complexity index is 623. The first-order valence-electron chi connectivity index (χ1n) is 5.77. The van der Waals surface area contributed by atoms with Gasteiger partial charge in [0, 0.05) is 55.6 Å². The summed E-state index contributed by atoms with van der Waals surface area (Å²) in [6.07, 6.45) is 5.93. The van der Waals surface area contributed by atoms with Crippen LogP contribution < -0.4 is 16.7 Å². The number of aryl methyl sites for hydroxylation is 2. The minimum Gasteiger partial charge on any atom is -0.398 e. The lowest BCUT2D eigenvalue weighted by atomic mass is 10.3. The standard InChI is InChI=1S/C13H15N3O2/c14-11-2-3-13(18)16(10-11)7-1-6-15-8-4-12(17)5-9-15/h2-5,8-10H,1,6-7,14H2. The molecular weight excluding hydrogens is 230 g/mol. The number of hydrogen-bond donors (Lipinski definition) is 1. The molecule has 0 aliphatic rings. The molecule has 2 rings (SSSR count). The molecule has 5 heteroatoms. The molecule has 0 radical (unpaired) electrons. The van der Waals surface area contributed by atoms with Crippen molar-refractivity contribution in [2.24, 2.45) is 0 Å². The number of hydrogen-bond acceptors (Lipinski definition) is 3. The Hall–Kier alpha value is -2.30. The molecule has 0 fully saturated rings. The smallest absolute Gasteiger partial charge is 0.250 e. The van der Waals surface area contributed by atoms with E-state index in [2.05, 4.69) is 0 Å². The SMILES string of the molecule is Nc1ccc(=O)n(CCCn2ccc(=O)cc2)c1. The molecule has 0 aliphatic carbocycles. The zero-order valence-corrected chi connectivity index (χ0v) is 9.95. The van der Waals surface area contributed by atoms with Crippen LogP contribution in [-0.2, 0) is 13.1 Å². The second-order valence-corrected chi connectivity index (χ2v) is 4.12. The van der Waals surface area contributed by atoms with Crippen molar-refractivity contribution in [1.29, 1.82) is 0 Å². The Kier molecular flexibility index (Phi) is 3.62. The first-order chi connectivity index (χ1) is 8.65. The molecule has 0 aliphatic heterocycles. The van der Waals surface area contributed by atoms with Crippen LogP contribution in [0.3, 0.4) is 0 Å². The summed E-state index contributed by atoms with van der Waals surface area (Å²) in [5, 5.41) is 0. The third kappa shape index (κ3) is 3.10. The highest BCUT2D eigenvalue weighted by Crippen LogP contribution is 1.98. The molecule has 0 spiro atoms. The molecule has 0 saturated heterocycles. The van der Waals surface area contributed by atoms with Crippen LogP contribution in [0.25, 0.3) is 0 Å². The number of nitrogens with zero attached hydrogens (tertiary/aromatic N) is 2. The highest BCUT2D eigenvalue weighted by Gasteiger charge is 1.97. The molecule has 5 nitrogen and oxygen atoms in total. The molecular formula is C13H15N3O2. The highest BCUT2D eigenvalue weighted by atomic mass is 16.1. The Balaban J connectivity index is 1.96. The number of rotatable bonds is 4. The minimum atomic E-state index is -0.0518. The average Bonchev–Trinajstić information content (AvgIpc) is 2.36. The monoisotopic (exact) mass is 245 g/mol. The van der Waals surface area contributed by atoms with Gasteiger partial charge >= 0.3 is 0 Å². The maximum Gasteiger partial charge on any atom is 0.250 e. The van der Waals surface area contributed by atoms with Gasteiger partial charge in [0.15, 0.2) is 5.43 Å². The van der Waals surface area contributed by atoms with Gasteiger partial charge < -0.3 is 14.9 Å².